The Bertz CT molecular complexity index is 644. The second-order valence-electron chi connectivity index (χ2n) is 5.03. The van der Waals surface area contributed by atoms with Crippen molar-refractivity contribution in [2.45, 2.75) is 12.8 Å². The van der Waals surface area contributed by atoms with E-state index in [0.29, 0.717) is 17.4 Å². The van der Waals surface area contributed by atoms with Crippen LogP contribution in [0.2, 0.25) is 0 Å². The molecular formula is C15H19N5O2. The monoisotopic (exact) mass is 301 g/mol. The molecule has 3 rings (SSSR count). The molecule has 0 saturated carbocycles. The van der Waals surface area contributed by atoms with Crippen molar-refractivity contribution in [3.8, 4) is 11.5 Å². The first-order valence-electron chi connectivity index (χ1n) is 7.24. The fourth-order valence-corrected chi connectivity index (χ4v) is 2.49. The third-order valence-electron chi connectivity index (χ3n) is 3.62. The third-order valence-corrected chi connectivity index (χ3v) is 3.62. The van der Waals surface area contributed by atoms with E-state index in [9.17, 15) is 0 Å². The summed E-state index contributed by atoms with van der Waals surface area (Å²) in [5.41, 5.74) is 0.818. The van der Waals surface area contributed by atoms with Gasteiger partial charge in [-0.2, -0.15) is 10.1 Å². The quantitative estimate of drug-likeness (QED) is 0.907. The molecule has 22 heavy (non-hydrogen) atoms. The van der Waals surface area contributed by atoms with Gasteiger partial charge in [0.2, 0.25) is 5.95 Å². The van der Waals surface area contributed by atoms with E-state index in [1.165, 1.54) is 12.8 Å². The minimum atomic E-state index is 0.469. The van der Waals surface area contributed by atoms with Gasteiger partial charge in [-0.05, 0) is 25.0 Å². The maximum atomic E-state index is 5.29. The molecule has 116 valence electrons. The van der Waals surface area contributed by atoms with Gasteiger partial charge in [0.15, 0.2) is 17.3 Å². The largest absolute Gasteiger partial charge is 0.493 e. The topological polar surface area (TPSA) is 72.4 Å². The first-order valence-corrected chi connectivity index (χ1v) is 7.24. The highest BCUT2D eigenvalue weighted by molar-refractivity contribution is 5.60. The molecule has 1 aromatic heterocycles. The van der Waals surface area contributed by atoms with Crippen LogP contribution in [-0.2, 0) is 0 Å². The maximum Gasteiger partial charge on any atom is 0.249 e. The number of nitrogens with zero attached hydrogens (tertiary/aromatic N) is 4. The van der Waals surface area contributed by atoms with Crippen molar-refractivity contribution in [3.05, 3.63) is 24.4 Å². The van der Waals surface area contributed by atoms with Gasteiger partial charge in [0.05, 0.1) is 20.4 Å². The number of rotatable bonds is 5. The van der Waals surface area contributed by atoms with E-state index >= 15 is 0 Å². The summed E-state index contributed by atoms with van der Waals surface area (Å²) in [5.74, 6) is 2.65. The second-order valence-corrected chi connectivity index (χ2v) is 5.03. The van der Waals surface area contributed by atoms with Crippen LogP contribution in [-0.4, -0.2) is 42.5 Å². The molecule has 1 fully saturated rings. The Kier molecular flexibility index (Phi) is 4.22. The summed E-state index contributed by atoms with van der Waals surface area (Å²) in [6.07, 6.45) is 4.09. The predicted molar refractivity (Wildman–Crippen MR) is 84.1 cm³/mol. The van der Waals surface area contributed by atoms with Crippen molar-refractivity contribution in [3.63, 3.8) is 0 Å². The highest BCUT2D eigenvalue weighted by atomic mass is 16.5. The highest BCUT2D eigenvalue weighted by Crippen LogP contribution is 2.30. The Hall–Kier alpha value is -2.57. The van der Waals surface area contributed by atoms with Crippen LogP contribution in [0.5, 0.6) is 11.5 Å². The third kappa shape index (κ3) is 3.03. The summed E-state index contributed by atoms with van der Waals surface area (Å²) < 4.78 is 10.5. The van der Waals surface area contributed by atoms with Crippen molar-refractivity contribution >= 4 is 17.5 Å². The van der Waals surface area contributed by atoms with E-state index in [4.69, 9.17) is 9.47 Å². The van der Waals surface area contributed by atoms with Crippen LogP contribution in [0.15, 0.2) is 24.4 Å². The SMILES string of the molecule is COc1ccc(Nc2nncc(N3CCCC3)n2)cc1OC. The van der Waals surface area contributed by atoms with E-state index < -0.39 is 0 Å². The molecule has 0 bridgehead atoms. The van der Waals surface area contributed by atoms with Crippen LogP contribution in [0.25, 0.3) is 0 Å². The van der Waals surface area contributed by atoms with Crippen LogP contribution in [0.1, 0.15) is 12.8 Å². The molecule has 0 radical (unpaired) electrons. The number of benzene rings is 1. The van der Waals surface area contributed by atoms with Gasteiger partial charge in [0.1, 0.15) is 0 Å². The number of nitrogens with one attached hydrogen (secondary N) is 1. The minimum absolute atomic E-state index is 0.469. The van der Waals surface area contributed by atoms with Crippen LogP contribution in [0.4, 0.5) is 17.5 Å². The molecule has 0 aliphatic carbocycles. The zero-order valence-corrected chi connectivity index (χ0v) is 12.7. The number of ether oxygens (including phenoxy) is 2. The number of hydrogen-bond donors (Lipinski definition) is 1. The smallest absolute Gasteiger partial charge is 0.249 e. The van der Waals surface area contributed by atoms with E-state index in [-0.39, 0.29) is 0 Å². The molecular weight excluding hydrogens is 282 g/mol. The standard InChI is InChI=1S/C15H19N5O2/c1-21-12-6-5-11(9-13(12)22-2)17-15-18-14(10-16-19-15)20-7-3-4-8-20/h5-6,9-10H,3-4,7-8H2,1-2H3,(H,17,18,19). The molecule has 1 N–H and O–H groups in total. The van der Waals surface area contributed by atoms with Gasteiger partial charge in [-0.15, -0.1) is 5.10 Å². The molecule has 1 saturated heterocycles. The molecule has 0 spiro atoms. The summed E-state index contributed by atoms with van der Waals surface area (Å²) in [6.45, 7) is 2.04. The number of aromatic nitrogens is 3. The lowest BCUT2D eigenvalue weighted by Gasteiger charge is -2.16. The molecule has 1 aliphatic heterocycles. The van der Waals surface area contributed by atoms with Gasteiger partial charge in [0, 0.05) is 24.8 Å². The van der Waals surface area contributed by atoms with Crippen LogP contribution >= 0.6 is 0 Å². The van der Waals surface area contributed by atoms with Gasteiger partial charge in [-0.1, -0.05) is 0 Å². The maximum absolute atomic E-state index is 5.29. The number of anilines is 3. The molecule has 2 heterocycles. The van der Waals surface area contributed by atoms with E-state index in [0.717, 1.165) is 24.6 Å². The first-order chi connectivity index (χ1) is 10.8. The number of methoxy groups -OCH3 is 2. The molecule has 1 aliphatic rings. The minimum Gasteiger partial charge on any atom is -0.493 e. The Morgan fingerprint density at radius 3 is 2.59 bits per heavy atom. The second kappa shape index (κ2) is 6.46. The molecule has 0 atom stereocenters. The molecule has 7 nitrogen and oxygen atoms in total. The van der Waals surface area contributed by atoms with Crippen molar-refractivity contribution in [1.82, 2.24) is 15.2 Å². The molecule has 2 aromatic rings. The predicted octanol–water partition coefficient (Wildman–Crippen LogP) is 2.23. The zero-order valence-electron chi connectivity index (χ0n) is 12.7. The van der Waals surface area contributed by atoms with Gasteiger partial charge in [-0.3, -0.25) is 0 Å². The number of hydrogen-bond acceptors (Lipinski definition) is 7. The first kappa shape index (κ1) is 14.4. The molecule has 1 aromatic carbocycles. The van der Waals surface area contributed by atoms with Crippen molar-refractivity contribution in [1.29, 1.82) is 0 Å². The average molecular weight is 301 g/mol. The average Bonchev–Trinajstić information content (AvgIpc) is 3.09. The normalized spacial score (nSPS) is 14.0. The Morgan fingerprint density at radius 1 is 1.09 bits per heavy atom. The summed E-state index contributed by atoms with van der Waals surface area (Å²) in [6, 6.07) is 5.55. The van der Waals surface area contributed by atoms with Crippen molar-refractivity contribution < 1.29 is 9.47 Å². The fraction of sp³-hybridized carbons (Fsp3) is 0.400. The summed E-state index contributed by atoms with van der Waals surface area (Å²) >= 11 is 0. The van der Waals surface area contributed by atoms with Crippen LogP contribution < -0.4 is 19.7 Å². The lowest BCUT2D eigenvalue weighted by molar-refractivity contribution is 0.355. The Balaban J connectivity index is 1.79. The molecule has 7 heteroatoms. The van der Waals surface area contributed by atoms with Gasteiger partial charge in [0.25, 0.3) is 0 Å². The zero-order chi connectivity index (χ0) is 15.4. The van der Waals surface area contributed by atoms with Crippen LogP contribution in [0.3, 0.4) is 0 Å². The van der Waals surface area contributed by atoms with Gasteiger partial charge < -0.3 is 19.7 Å². The van der Waals surface area contributed by atoms with Gasteiger partial charge in [-0.25, -0.2) is 0 Å². The molecule has 0 unspecified atom stereocenters. The van der Waals surface area contributed by atoms with E-state index in [1.807, 2.05) is 18.2 Å². The summed E-state index contributed by atoms with van der Waals surface area (Å²) in [5, 5.41) is 11.2. The van der Waals surface area contributed by atoms with E-state index in [1.54, 1.807) is 20.4 Å². The summed E-state index contributed by atoms with van der Waals surface area (Å²) in [4.78, 5) is 6.73. The lowest BCUT2D eigenvalue weighted by atomic mass is 10.3. The Morgan fingerprint density at radius 2 is 1.86 bits per heavy atom. The lowest BCUT2D eigenvalue weighted by Crippen LogP contribution is -2.19. The Labute approximate surface area is 129 Å². The van der Waals surface area contributed by atoms with Gasteiger partial charge >= 0.3 is 0 Å². The van der Waals surface area contributed by atoms with E-state index in [2.05, 4.69) is 25.4 Å². The van der Waals surface area contributed by atoms with Crippen molar-refractivity contribution in [2.24, 2.45) is 0 Å². The highest BCUT2D eigenvalue weighted by Gasteiger charge is 2.15. The fourth-order valence-electron chi connectivity index (χ4n) is 2.49. The molecule has 0 amide bonds. The van der Waals surface area contributed by atoms with Crippen LogP contribution in [0, 0.1) is 0 Å². The van der Waals surface area contributed by atoms with Crippen molar-refractivity contribution in [2.75, 3.05) is 37.5 Å². The summed E-state index contributed by atoms with van der Waals surface area (Å²) in [7, 11) is 3.21.